The highest BCUT2D eigenvalue weighted by atomic mass is 32.0. The molecule has 1 aliphatic carbocycles. The number of nitrogens with one attached hydrogen (secondary N) is 1. The van der Waals surface area contributed by atoms with E-state index in [2.05, 4.69) is 57.3 Å². The summed E-state index contributed by atoms with van der Waals surface area (Å²) in [5.74, 6) is 1.51. The quantitative estimate of drug-likeness (QED) is 0.790. The molecule has 2 aromatic rings. The molecule has 3 rings (SSSR count). The van der Waals surface area contributed by atoms with Crippen LogP contribution in [0.5, 0.6) is 5.75 Å². The summed E-state index contributed by atoms with van der Waals surface area (Å²) < 4.78 is 5.37. The number of fused-ring (bicyclic) bond motifs is 1. The number of anilines is 1. The normalized spacial score (nSPS) is 17.5. The molecule has 22 heavy (non-hydrogen) atoms. The molecular formula is C18H23NOP2. The van der Waals surface area contributed by atoms with Crippen LogP contribution in [0.1, 0.15) is 34.6 Å². The van der Waals surface area contributed by atoms with Gasteiger partial charge in [0.2, 0.25) is 0 Å². The molecule has 3 unspecified atom stereocenters. The summed E-state index contributed by atoms with van der Waals surface area (Å²) in [6, 6.07) is 13.3. The average Bonchev–Trinajstić information content (AvgIpc) is 2.54. The van der Waals surface area contributed by atoms with E-state index in [0.717, 1.165) is 12.2 Å². The third kappa shape index (κ3) is 3.29. The molecular weight excluding hydrogens is 308 g/mol. The summed E-state index contributed by atoms with van der Waals surface area (Å²) in [6.45, 7) is 2.18. The van der Waals surface area contributed by atoms with E-state index in [-0.39, 0.29) is 0 Å². The summed E-state index contributed by atoms with van der Waals surface area (Å²) in [5.41, 5.74) is 7.05. The predicted molar refractivity (Wildman–Crippen MR) is 101 cm³/mol. The first-order chi connectivity index (χ1) is 10.7. The van der Waals surface area contributed by atoms with Gasteiger partial charge in [-0.15, -0.1) is 0 Å². The zero-order valence-electron chi connectivity index (χ0n) is 13.1. The SMILES string of the molecule is COc1ccc(C2CCc3cc(C)ccc3C2)c(NPP)c1. The van der Waals surface area contributed by atoms with Gasteiger partial charge in [-0.05, 0) is 63.3 Å². The third-order valence-electron chi connectivity index (χ3n) is 4.50. The molecule has 3 atom stereocenters. The van der Waals surface area contributed by atoms with E-state index < -0.39 is 0 Å². The minimum atomic E-state index is 0.588. The van der Waals surface area contributed by atoms with Gasteiger partial charge in [-0.1, -0.05) is 38.8 Å². The molecule has 4 heteroatoms. The van der Waals surface area contributed by atoms with Gasteiger partial charge >= 0.3 is 0 Å². The van der Waals surface area contributed by atoms with Crippen molar-refractivity contribution in [2.24, 2.45) is 0 Å². The average molecular weight is 331 g/mol. The number of benzene rings is 2. The second-order valence-electron chi connectivity index (χ2n) is 5.93. The Morgan fingerprint density at radius 1 is 1.18 bits per heavy atom. The molecule has 0 spiro atoms. The fraction of sp³-hybridized carbons (Fsp3) is 0.333. The summed E-state index contributed by atoms with van der Waals surface area (Å²) in [4.78, 5) is 0. The summed E-state index contributed by atoms with van der Waals surface area (Å²) in [5, 5.41) is 3.49. The van der Waals surface area contributed by atoms with Crippen LogP contribution in [-0.2, 0) is 12.8 Å². The van der Waals surface area contributed by atoms with Gasteiger partial charge in [-0.3, -0.25) is 0 Å². The van der Waals surface area contributed by atoms with Crippen LogP contribution in [0.15, 0.2) is 36.4 Å². The van der Waals surface area contributed by atoms with Crippen molar-refractivity contribution in [1.29, 1.82) is 0 Å². The highest BCUT2D eigenvalue weighted by Gasteiger charge is 2.22. The lowest BCUT2D eigenvalue weighted by molar-refractivity contribution is 0.414. The maximum atomic E-state index is 5.37. The molecule has 0 fully saturated rings. The lowest BCUT2D eigenvalue weighted by atomic mass is 9.79. The first kappa shape index (κ1) is 15.8. The number of hydrogen-bond donors (Lipinski definition) is 1. The van der Waals surface area contributed by atoms with Crippen LogP contribution in [0.3, 0.4) is 0 Å². The molecule has 0 saturated carbocycles. The number of methoxy groups -OCH3 is 1. The Morgan fingerprint density at radius 2 is 2.05 bits per heavy atom. The second kappa shape index (κ2) is 6.99. The summed E-state index contributed by atoms with van der Waals surface area (Å²) in [7, 11) is 5.10. The van der Waals surface area contributed by atoms with Gasteiger partial charge in [0.15, 0.2) is 0 Å². The molecule has 0 aromatic heterocycles. The lowest BCUT2D eigenvalue weighted by Gasteiger charge is -2.27. The first-order valence-corrected chi connectivity index (χ1v) is 10.5. The van der Waals surface area contributed by atoms with Gasteiger partial charge in [0, 0.05) is 11.8 Å². The van der Waals surface area contributed by atoms with E-state index in [1.807, 2.05) is 0 Å². The van der Waals surface area contributed by atoms with Crippen molar-refractivity contribution in [3.05, 3.63) is 58.7 Å². The first-order valence-electron chi connectivity index (χ1n) is 7.69. The molecule has 0 radical (unpaired) electrons. The molecule has 0 heterocycles. The Hall–Kier alpha value is -1.10. The van der Waals surface area contributed by atoms with Crippen LogP contribution >= 0.6 is 17.3 Å². The fourth-order valence-corrected chi connectivity index (χ4v) is 4.19. The van der Waals surface area contributed by atoms with Crippen LogP contribution in [0.2, 0.25) is 0 Å². The number of ether oxygens (including phenoxy) is 1. The maximum absolute atomic E-state index is 5.37. The monoisotopic (exact) mass is 331 g/mol. The van der Waals surface area contributed by atoms with E-state index in [9.17, 15) is 0 Å². The van der Waals surface area contributed by atoms with Crippen molar-refractivity contribution in [2.75, 3.05) is 12.2 Å². The highest BCUT2D eigenvalue weighted by Crippen LogP contribution is 2.39. The molecule has 0 bridgehead atoms. The molecule has 116 valence electrons. The Balaban J connectivity index is 1.90. The zero-order chi connectivity index (χ0) is 15.5. The smallest absolute Gasteiger partial charge is 0.120 e. The van der Waals surface area contributed by atoms with Crippen molar-refractivity contribution in [1.82, 2.24) is 0 Å². The fourth-order valence-electron chi connectivity index (χ4n) is 3.35. The molecule has 2 nitrogen and oxygen atoms in total. The van der Waals surface area contributed by atoms with Crippen molar-refractivity contribution < 1.29 is 4.74 Å². The number of aryl methyl sites for hydroxylation is 2. The summed E-state index contributed by atoms with van der Waals surface area (Å²) >= 11 is 0. The van der Waals surface area contributed by atoms with Gasteiger partial charge in [0.05, 0.1) is 7.11 Å². The minimum Gasteiger partial charge on any atom is -0.497 e. The van der Waals surface area contributed by atoms with Gasteiger partial charge in [-0.25, -0.2) is 0 Å². The minimum absolute atomic E-state index is 0.588. The van der Waals surface area contributed by atoms with Gasteiger partial charge in [-0.2, -0.15) is 0 Å². The maximum Gasteiger partial charge on any atom is 0.120 e. The zero-order valence-corrected chi connectivity index (χ0v) is 15.3. The van der Waals surface area contributed by atoms with Gasteiger partial charge in [0.1, 0.15) is 5.75 Å². The van der Waals surface area contributed by atoms with Crippen LogP contribution in [0.4, 0.5) is 5.69 Å². The van der Waals surface area contributed by atoms with Crippen molar-refractivity contribution in [3.8, 4) is 5.75 Å². The molecule has 1 aliphatic rings. The summed E-state index contributed by atoms with van der Waals surface area (Å²) in [6.07, 6.45) is 3.53. The Labute approximate surface area is 137 Å². The van der Waals surface area contributed by atoms with Crippen molar-refractivity contribution >= 4 is 23.0 Å². The van der Waals surface area contributed by atoms with Crippen LogP contribution < -0.4 is 9.82 Å². The Bertz CT molecular complexity index is 672. The molecule has 0 amide bonds. The van der Waals surface area contributed by atoms with Crippen LogP contribution in [-0.4, -0.2) is 7.11 Å². The second-order valence-corrected chi connectivity index (χ2v) is 7.34. The molecule has 0 saturated heterocycles. The van der Waals surface area contributed by atoms with Gasteiger partial charge in [0.25, 0.3) is 0 Å². The number of hydrogen-bond acceptors (Lipinski definition) is 2. The van der Waals surface area contributed by atoms with Crippen LogP contribution in [0, 0.1) is 6.92 Å². The standard InChI is InChI=1S/C18H23NOP2/c1-12-3-4-14-10-15(6-5-13(14)9-12)17-8-7-16(20-2)11-18(17)19-22-21/h3-4,7-9,11,15,19,22H,5-6,10,21H2,1-2H3. The largest absolute Gasteiger partial charge is 0.497 e. The van der Waals surface area contributed by atoms with Crippen molar-refractivity contribution in [2.45, 2.75) is 32.1 Å². The van der Waals surface area contributed by atoms with Crippen LogP contribution in [0.25, 0.3) is 0 Å². The predicted octanol–water partition coefficient (Wildman–Crippen LogP) is 5.07. The Kier molecular flexibility index (Phi) is 5.01. The van der Waals surface area contributed by atoms with E-state index in [1.54, 1.807) is 7.11 Å². The number of rotatable bonds is 4. The topological polar surface area (TPSA) is 21.3 Å². The lowest BCUT2D eigenvalue weighted by Crippen LogP contribution is -2.14. The van der Waals surface area contributed by atoms with Crippen molar-refractivity contribution in [3.63, 3.8) is 0 Å². The third-order valence-corrected chi connectivity index (χ3v) is 5.34. The van der Waals surface area contributed by atoms with E-state index in [4.69, 9.17) is 4.74 Å². The van der Waals surface area contributed by atoms with E-state index in [0.29, 0.717) is 14.3 Å². The highest BCUT2D eigenvalue weighted by molar-refractivity contribution is 8.03. The van der Waals surface area contributed by atoms with E-state index >= 15 is 0 Å². The van der Waals surface area contributed by atoms with Gasteiger partial charge < -0.3 is 9.82 Å². The molecule has 0 aliphatic heterocycles. The molecule has 2 aromatic carbocycles. The Morgan fingerprint density at radius 3 is 2.82 bits per heavy atom. The molecule has 1 N–H and O–H groups in total. The van der Waals surface area contributed by atoms with E-state index in [1.165, 1.54) is 40.8 Å².